The van der Waals surface area contributed by atoms with E-state index < -0.39 is 28.5 Å². The molecule has 0 spiro atoms. The lowest BCUT2D eigenvalue weighted by atomic mass is 10.2. The molecule has 1 fully saturated rings. The van der Waals surface area contributed by atoms with Crippen molar-refractivity contribution in [1.82, 2.24) is 4.90 Å². The molecule has 0 bridgehead atoms. The summed E-state index contributed by atoms with van der Waals surface area (Å²) in [5, 5.41) is 9.65. The number of nitrogens with zero attached hydrogens (tertiary/aromatic N) is 2. The van der Waals surface area contributed by atoms with Crippen LogP contribution in [0.3, 0.4) is 0 Å². The number of hydrogen-bond donors (Lipinski definition) is 2. The summed E-state index contributed by atoms with van der Waals surface area (Å²) in [5.74, 6) is -1.92. The van der Waals surface area contributed by atoms with Crippen molar-refractivity contribution in [3.63, 3.8) is 0 Å². The summed E-state index contributed by atoms with van der Waals surface area (Å²) in [7, 11) is -4.02. The summed E-state index contributed by atoms with van der Waals surface area (Å²) in [6.07, 6.45) is 0.753. The second-order valence-electron chi connectivity index (χ2n) is 6.00. The van der Waals surface area contributed by atoms with Gasteiger partial charge in [0.05, 0.1) is 11.4 Å². The van der Waals surface area contributed by atoms with Crippen LogP contribution >= 0.6 is 35.7 Å². The average Bonchev–Trinajstić information content (AvgIpc) is 3.10. The van der Waals surface area contributed by atoms with Gasteiger partial charge in [-0.2, -0.15) is 8.42 Å². The van der Waals surface area contributed by atoms with Crippen molar-refractivity contribution in [2.45, 2.75) is 17.7 Å². The van der Waals surface area contributed by atoms with Crippen molar-refractivity contribution in [2.24, 2.45) is 0 Å². The molecule has 1 aromatic rings. The lowest BCUT2D eigenvalue weighted by Gasteiger charge is -2.21. The number of thioether (sulfide) groups is 2. The monoisotopic (exact) mass is 460 g/mol. The number of aliphatic carboxylic acids is 1. The predicted octanol–water partition coefficient (Wildman–Crippen LogP) is 2.38. The standard InChI is InChI=1S/C16H16N2O6S4/c19-12(20)9-18-14(21)13(27-16(18)25)15-17(7-3-4-8-28(22,23)24)10-5-1-2-6-11(10)26-15/h1-2,5-6H,3-4,7-9H2,(H,19,20)(H,22,23,24). The zero-order chi connectivity index (χ0) is 20.5. The van der Waals surface area contributed by atoms with E-state index in [1.54, 1.807) is 0 Å². The van der Waals surface area contributed by atoms with Crippen LogP contribution in [0.1, 0.15) is 12.8 Å². The highest BCUT2D eigenvalue weighted by molar-refractivity contribution is 8.27. The fourth-order valence-corrected chi connectivity index (χ4v) is 5.94. The van der Waals surface area contributed by atoms with Crippen LogP contribution in [0.2, 0.25) is 0 Å². The highest BCUT2D eigenvalue weighted by Gasteiger charge is 2.39. The SMILES string of the molecule is O=C(O)CN1C(=O)C(=C2Sc3ccccc3N2CCCCS(=O)(=O)O)SC1=S. The number of anilines is 1. The maximum atomic E-state index is 12.7. The Balaban J connectivity index is 1.86. The van der Waals surface area contributed by atoms with Crippen LogP contribution in [-0.4, -0.2) is 58.0 Å². The Kier molecular flexibility index (Phi) is 6.34. The number of carboxylic acids is 1. The molecule has 0 radical (unpaired) electrons. The third kappa shape index (κ3) is 4.69. The Morgan fingerprint density at radius 3 is 2.54 bits per heavy atom. The van der Waals surface area contributed by atoms with Crippen LogP contribution in [0.5, 0.6) is 0 Å². The van der Waals surface area contributed by atoms with Crippen molar-refractivity contribution < 1.29 is 27.7 Å². The predicted molar refractivity (Wildman–Crippen MR) is 112 cm³/mol. The number of carbonyl (C=O) groups is 2. The van der Waals surface area contributed by atoms with Crippen LogP contribution in [0, 0.1) is 0 Å². The van der Waals surface area contributed by atoms with Crippen LogP contribution in [0.25, 0.3) is 0 Å². The van der Waals surface area contributed by atoms with E-state index in [9.17, 15) is 18.0 Å². The normalized spacial score (nSPS) is 19.5. The van der Waals surface area contributed by atoms with Crippen LogP contribution in [0.15, 0.2) is 39.1 Å². The van der Waals surface area contributed by atoms with Gasteiger partial charge >= 0.3 is 5.97 Å². The smallest absolute Gasteiger partial charge is 0.323 e. The van der Waals surface area contributed by atoms with E-state index in [0.717, 1.165) is 27.2 Å². The Bertz CT molecular complexity index is 975. The van der Waals surface area contributed by atoms with Crippen molar-refractivity contribution in [2.75, 3.05) is 23.7 Å². The molecule has 1 saturated heterocycles. The number of unbranched alkanes of at least 4 members (excludes halogenated alkanes) is 1. The van der Waals surface area contributed by atoms with Gasteiger partial charge in [-0.05, 0) is 25.0 Å². The highest BCUT2D eigenvalue weighted by atomic mass is 32.2. The van der Waals surface area contributed by atoms with Crippen molar-refractivity contribution >= 4 is 67.7 Å². The number of amides is 1. The van der Waals surface area contributed by atoms with E-state index in [1.165, 1.54) is 11.8 Å². The van der Waals surface area contributed by atoms with Gasteiger partial charge in [-0.3, -0.25) is 19.0 Å². The summed E-state index contributed by atoms with van der Waals surface area (Å²) in [5.41, 5.74) is 0.887. The van der Waals surface area contributed by atoms with Crippen molar-refractivity contribution in [3.8, 4) is 0 Å². The van der Waals surface area contributed by atoms with E-state index in [0.29, 0.717) is 22.9 Å². The van der Waals surface area contributed by atoms with Gasteiger partial charge < -0.3 is 10.0 Å². The average molecular weight is 461 g/mol. The second-order valence-corrected chi connectivity index (χ2v) is 10.2. The Morgan fingerprint density at radius 1 is 1.14 bits per heavy atom. The first-order chi connectivity index (χ1) is 13.2. The molecule has 28 heavy (non-hydrogen) atoms. The molecule has 0 atom stereocenters. The maximum Gasteiger partial charge on any atom is 0.323 e. The molecule has 12 heteroatoms. The van der Waals surface area contributed by atoms with Gasteiger partial charge in [0.1, 0.15) is 20.8 Å². The number of thiocarbonyl (C=S) groups is 1. The Labute approximate surface area is 175 Å². The molecule has 2 aliphatic heterocycles. The molecule has 150 valence electrons. The van der Waals surface area contributed by atoms with Gasteiger partial charge in [0, 0.05) is 11.4 Å². The first-order valence-corrected chi connectivity index (χ1v) is 11.8. The third-order valence-corrected chi connectivity index (χ3v) is 7.53. The number of fused-ring (bicyclic) bond motifs is 1. The Morgan fingerprint density at radius 2 is 1.86 bits per heavy atom. The molecular formula is C16H16N2O6S4. The number of hydrogen-bond acceptors (Lipinski definition) is 8. The van der Waals surface area contributed by atoms with Gasteiger partial charge in [-0.1, -0.05) is 47.9 Å². The van der Waals surface area contributed by atoms with Crippen molar-refractivity contribution in [1.29, 1.82) is 0 Å². The van der Waals surface area contributed by atoms with E-state index in [1.807, 2.05) is 29.2 Å². The lowest BCUT2D eigenvalue weighted by molar-refractivity contribution is -0.140. The van der Waals surface area contributed by atoms with Crippen LogP contribution < -0.4 is 4.90 Å². The topological polar surface area (TPSA) is 115 Å². The molecule has 1 amide bonds. The van der Waals surface area contributed by atoms with E-state index in [4.69, 9.17) is 21.9 Å². The summed E-state index contributed by atoms with van der Waals surface area (Å²) < 4.78 is 30.9. The molecule has 1 aromatic carbocycles. The number of benzene rings is 1. The highest BCUT2D eigenvalue weighted by Crippen LogP contribution is 2.50. The van der Waals surface area contributed by atoms with Gasteiger partial charge in [0.15, 0.2) is 0 Å². The zero-order valence-corrected chi connectivity index (χ0v) is 17.7. The summed E-state index contributed by atoms with van der Waals surface area (Å²) >= 11 is 7.63. The van der Waals surface area contributed by atoms with E-state index in [-0.39, 0.29) is 16.5 Å². The maximum absolute atomic E-state index is 12.7. The van der Waals surface area contributed by atoms with E-state index >= 15 is 0 Å². The minimum Gasteiger partial charge on any atom is -0.480 e. The molecule has 2 aliphatic rings. The summed E-state index contributed by atoms with van der Waals surface area (Å²) in [4.78, 5) is 28.0. The third-order valence-electron chi connectivity index (χ3n) is 3.98. The van der Waals surface area contributed by atoms with E-state index in [2.05, 4.69) is 0 Å². The molecule has 3 rings (SSSR count). The number of carbonyl (C=O) groups excluding carboxylic acids is 1. The van der Waals surface area contributed by atoms with Crippen molar-refractivity contribution in [3.05, 3.63) is 34.2 Å². The number of carboxylic acid groups (broad SMARTS) is 1. The number of para-hydroxylation sites is 1. The minimum absolute atomic E-state index is 0.192. The van der Waals surface area contributed by atoms with Crippen LogP contribution in [-0.2, 0) is 19.7 Å². The molecule has 0 aromatic heterocycles. The first-order valence-electron chi connectivity index (χ1n) is 8.16. The van der Waals surface area contributed by atoms with Gasteiger partial charge in [0.25, 0.3) is 16.0 Å². The van der Waals surface area contributed by atoms with Crippen LogP contribution in [0.4, 0.5) is 5.69 Å². The molecular weight excluding hydrogens is 444 g/mol. The lowest BCUT2D eigenvalue weighted by Crippen LogP contribution is -2.33. The number of rotatable bonds is 7. The molecule has 2 N–H and O–H groups in total. The molecule has 0 unspecified atom stereocenters. The molecule has 0 saturated carbocycles. The molecule has 8 nitrogen and oxygen atoms in total. The fraction of sp³-hybridized carbons (Fsp3) is 0.312. The quantitative estimate of drug-likeness (QED) is 0.272. The Hall–Kier alpha value is -1.60. The largest absolute Gasteiger partial charge is 0.480 e. The van der Waals surface area contributed by atoms with Gasteiger partial charge in [0.2, 0.25) is 0 Å². The van der Waals surface area contributed by atoms with Gasteiger partial charge in [-0.25, -0.2) is 0 Å². The zero-order valence-electron chi connectivity index (χ0n) is 14.4. The molecule has 2 heterocycles. The van der Waals surface area contributed by atoms with Gasteiger partial charge in [-0.15, -0.1) is 0 Å². The summed E-state index contributed by atoms with van der Waals surface area (Å²) in [6.45, 7) is -0.0503. The summed E-state index contributed by atoms with van der Waals surface area (Å²) in [6, 6.07) is 7.55. The second kappa shape index (κ2) is 8.41. The molecule has 0 aliphatic carbocycles. The fourth-order valence-electron chi connectivity index (χ4n) is 2.78. The minimum atomic E-state index is -4.02. The first kappa shape index (κ1) is 21.1.